The molecule has 1 atom stereocenters. The smallest absolute Gasteiger partial charge is 0.132 e. The summed E-state index contributed by atoms with van der Waals surface area (Å²) in [5.74, 6) is -0.374. The van der Waals surface area contributed by atoms with Gasteiger partial charge in [0.1, 0.15) is 17.5 Å². The van der Waals surface area contributed by atoms with Gasteiger partial charge in [-0.25, -0.2) is 13.8 Å². The summed E-state index contributed by atoms with van der Waals surface area (Å²) in [5.41, 5.74) is 7.58. The molecule has 0 aliphatic heterocycles. The van der Waals surface area contributed by atoms with E-state index in [4.69, 9.17) is 5.73 Å². The number of benzene rings is 2. The lowest BCUT2D eigenvalue weighted by atomic mass is 10.1. The van der Waals surface area contributed by atoms with Crippen molar-refractivity contribution in [3.8, 4) is 11.3 Å². The van der Waals surface area contributed by atoms with Crippen LogP contribution in [0.1, 0.15) is 24.4 Å². The Hall–Kier alpha value is -2.53. The van der Waals surface area contributed by atoms with E-state index >= 15 is 0 Å². The standard InChI is InChI=1S/C18H17F2N3/c1-12(21)18-22-17(15-9-14(19)7-8-16(15)20)11-23(18)10-13-5-3-2-4-6-13/h2-9,11-12H,10,21H2,1H3/t12-/m1/s1. The average molecular weight is 313 g/mol. The van der Waals surface area contributed by atoms with E-state index in [0.717, 1.165) is 23.8 Å². The number of halogens is 2. The number of imidazole rings is 1. The number of nitrogens with zero attached hydrogens (tertiary/aromatic N) is 2. The number of aromatic nitrogens is 2. The van der Waals surface area contributed by atoms with E-state index in [0.29, 0.717) is 18.1 Å². The van der Waals surface area contributed by atoms with Crippen molar-refractivity contribution in [3.63, 3.8) is 0 Å². The monoisotopic (exact) mass is 313 g/mol. The molecule has 1 heterocycles. The van der Waals surface area contributed by atoms with Crippen LogP contribution in [0.5, 0.6) is 0 Å². The largest absolute Gasteiger partial charge is 0.329 e. The molecule has 0 aliphatic rings. The first-order valence-electron chi connectivity index (χ1n) is 7.36. The zero-order valence-corrected chi connectivity index (χ0v) is 12.7. The van der Waals surface area contributed by atoms with Crippen LogP contribution in [0, 0.1) is 11.6 Å². The predicted molar refractivity (Wildman–Crippen MR) is 85.7 cm³/mol. The van der Waals surface area contributed by atoms with E-state index in [2.05, 4.69) is 4.98 Å². The Morgan fingerprint density at radius 2 is 1.87 bits per heavy atom. The summed E-state index contributed by atoms with van der Waals surface area (Å²) in [6, 6.07) is 12.9. The Balaban J connectivity index is 2.03. The van der Waals surface area contributed by atoms with Crippen LogP contribution in [0.2, 0.25) is 0 Å². The molecule has 5 heteroatoms. The molecule has 0 spiro atoms. The molecule has 2 N–H and O–H groups in total. The maximum atomic E-state index is 14.0. The van der Waals surface area contributed by atoms with Crippen molar-refractivity contribution in [1.82, 2.24) is 9.55 Å². The summed E-state index contributed by atoms with van der Waals surface area (Å²) in [4.78, 5) is 4.41. The lowest BCUT2D eigenvalue weighted by molar-refractivity contribution is 0.602. The van der Waals surface area contributed by atoms with E-state index in [1.807, 2.05) is 41.8 Å². The molecular weight excluding hydrogens is 296 g/mol. The molecule has 0 amide bonds. The summed E-state index contributed by atoms with van der Waals surface area (Å²) >= 11 is 0. The SMILES string of the molecule is C[C@@H](N)c1nc(-c2cc(F)ccc2F)cn1Cc1ccccc1. The van der Waals surface area contributed by atoms with Crippen molar-refractivity contribution < 1.29 is 8.78 Å². The fourth-order valence-corrected chi connectivity index (χ4v) is 2.52. The second-order valence-electron chi connectivity index (χ2n) is 5.51. The number of rotatable bonds is 4. The van der Waals surface area contributed by atoms with Crippen molar-refractivity contribution >= 4 is 0 Å². The van der Waals surface area contributed by atoms with E-state index in [-0.39, 0.29) is 11.6 Å². The molecule has 0 fully saturated rings. The van der Waals surface area contributed by atoms with Gasteiger partial charge in [0.15, 0.2) is 0 Å². The maximum Gasteiger partial charge on any atom is 0.132 e. The summed E-state index contributed by atoms with van der Waals surface area (Å²) in [7, 11) is 0. The topological polar surface area (TPSA) is 43.8 Å². The van der Waals surface area contributed by atoms with Crippen LogP contribution in [-0.2, 0) is 6.54 Å². The van der Waals surface area contributed by atoms with Gasteiger partial charge in [0.2, 0.25) is 0 Å². The van der Waals surface area contributed by atoms with Crippen molar-refractivity contribution in [2.24, 2.45) is 5.73 Å². The average Bonchev–Trinajstić information content (AvgIpc) is 2.94. The van der Waals surface area contributed by atoms with Crippen LogP contribution in [-0.4, -0.2) is 9.55 Å². The molecule has 1 aromatic heterocycles. The van der Waals surface area contributed by atoms with Gasteiger partial charge in [-0.1, -0.05) is 30.3 Å². The van der Waals surface area contributed by atoms with Gasteiger partial charge in [-0.15, -0.1) is 0 Å². The Kier molecular flexibility index (Phi) is 4.21. The predicted octanol–water partition coefficient (Wildman–Crippen LogP) is 3.90. The third-order valence-corrected chi connectivity index (χ3v) is 3.61. The molecule has 3 aromatic rings. The minimum absolute atomic E-state index is 0.138. The molecular formula is C18H17F2N3. The van der Waals surface area contributed by atoms with Gasteiger partial charge in [-0.3, -0.25) is 0 Å². The Morgan fingerprint density at radius 3 is 2.57 bits per heavy atom. The van der Waals surface area contributed by atoms with Gasteiger partial charge in [-0.05, 0) is 30.7 Å². The fraction of sp³-hybridized carbons (Fsp3) is 0.167. The molecule has 118 valence electrons. The first-order valence-corrected chi connectivity index (χ1v) is 7.36. The third kappa shape index (κ3) is 3.29. The van der Waals surface area contributed by atoms with Crippen molar-refractivity contribution in [2.75, 3.05) is 0 Å². The van der Waals surface area contributed by atoms with Crippen LogP contribution >= 0.6 is 0 Å². The highest BCUT2D eigenvalue weighted by Gasteiger charge is 2.16. The molecule has 3 nitrogen and oxygen atoms in total. The molecule has 3 rings (SSSR count). The van der Waals surface area contributed by atoms with Crippen molar-refractivity contribution in [2.45, 2.75) is 19.5 Å². The maximum absolute atomic E-state index is 14.0. The van der Waals surface area contributed by atoms with Gasteiger partial charge in [0, 0.05) is 18.3 Å². The Morgan fingerprint density at radius 1 is 1.13 bits per heavy atom. The summed E-state index contributed by atoms with van der Waals surface area (Å²) in [6.45, 7) is 2.39. The molecule has 0 saturated carbocycles. The van der Waals surface area contributed by atoms with Crippen LogP contribution in [0.4, 0.5) is 8.78 Å². The minimum Gasteiger partial charge on any atom is -0.329 e. The lowest BCUT2D eigenvalue weighted by Crippen LogP contribution is -2.13. The third-order valence-electron chi connectivity index (χ3n) is 3.61. The molecule has 0 radical (unpaired) electrons. The molecule has 0 saturated heterocycles. The Labute approximate surface area is 133 Å². The van der Waals surface area contributed by atoms with E-state index in [9.17, 15) is 8.78 Å². The summed E-state index contributed by atoms with van der Waals surface area (Å²) in [5, 5.41) is 0. The van der Waals surface area contributed by atoms with Gasteiger partial charge in [0.25, 0.3) is 0 Å². The molecule has 2 aromatic carbocycles. The highest BCUT2D eigenvalue weighted by atomic mass is 19.1. The van der Waals surface area contributed by atoms with Gasteiger partial charge < -0.3 is 10.3 Å². The quantitative estimate of drug-likeness (QED) is 0.794. The lowest BCUT2D eigenvalue weighted by Gasteiger charge is -2.09. The summed E-state index contributed by atoms with van der Waals surface area (Å²) in [6.07, 6.45) is 1.71. The zero-order valence-electron chi connectivity index (χ0n) is 12.7. The first kappa shape index (κ1) is 15.4. The van der Waals surface area contributed by atoms with Crippen LogP contribution < -0.4 is 5.73 Å². The highest BCUT2D eigenvalue weighted by Crippen LogP contribution is 2.25. The van der Waals surface area contributed by atoms with Gasteiger partial charge >= 0.3 is 0 Å². The van der Waals surface area contributed by atoms with Crippen molar-refractivity contribution in [1.29, 1.82) is 0 Å². The zero-order chi connectivity index (χ0) is 16.4. The van der Waals surface area contributed by atoms with E-state index in [1.54, 1.807) is 6.20 Å². The van der Waals surface area contributed by atoms with Crippen LogP contribution in [0.15, 0.2) is 54.7 Å². The molecule has 0 bridgehead atoms. The molecule has 23 heavy (non-hydrogen) atoms. The summed E-state index contributed by atoms with van der Waals surface area (Å²) < 4.78 is 29.3. The number of hydrogen-bond donors (Lipinski definition) is 1. The highest BCUT2D eigenvalue weighted by molar-refractivity contribution is 5.59. The second-order valence-corrected chi connectivity index (χ2v) is 5.51. The normalized spacial score (nSPS) is 12.3. The Bertz CT molecular complexity index is 810. The van der Waals surface area contributed by atoms with Crippen LogP contribution in [0.25, 0.3) is 11.3 Å². The van der Waals surface area contributed by atoms with Gasteiger partial charge in [-0.2, -0.15) is 0 Å². The number of hydrogen-bond acceptors (Lipinski definition) is 2. The number of nitrogens with two attached hydrogens (primary N) is 1. The van der Waals surface area contributed by atoms with E-state index < -0.39 is 11.6 Å². The van der Waals surface area contributed by atoms with Crippen molar-refractivity contribution in [3.05, 3.63) is 77.8 Å². The molecule has 0 aliphatic carbocycles. The van der Waals surface area contributed by atoms with E-state index in [1.165, 1.54) is 0 Å². The van der Waals surface area contributed by atoms with Crippen LogP contribution in [0.3, 0.4) is 0 Å². The van der Waals surface area contributed by atoms with Gasteiger partial charge in [0.05, 0.1) is 11.7 Å². The second kappa shape index (κ2) is 6.30. The fourth-order valence-electron chi connectivity index (χ4n) is 2.52. The minimum atomic E-state index is -0.507. The molecule has 0 unspecified atom stereocenters. The first-order chi connectivity index (χ1) is 11.0.